The minimum atomic E-state index is -0.402. The van der Waals surface area contributed by atoms with Crippen LogP contribution in [0.2, 0.25) is 0 Å². The van der Waals surface area contributed by atoms with Crippen LogP contribution in [0, 0.1) is 0 Å². The van der Waals surface area contributed by atoms with Gasteiger partial charge in [-0.05, 0) is 44.6 Å². The summed E-state index contributed by atoms with van der Waals surface area (Å²) in [6, 6.07) is 11.0. The maximum absolute atomic E-state index is 9.98. The first-order chi connectivity index (χ1) is 8.18. The second-order valence-electron chi connectivity index (χ2n) is 5.38. The predicted octanol–water partition coefficient (Wildman–Crippen LogP) is 2.51. The molecule has 0 radical (unpaired) electrons. The number of aryl methyl sites for hydroxylation is 1. The highest BCUT2D eigenvalue weighted by Gasteiger charge is 2.33. The van der Waals surface area contributed by atoms with Gasteiger partial charge < -0.3 is 10.4 Å². The maximum Gasteiger partial charge on any atom is 0.0771 e. The molecular formula is C15H23NO. The Morgan fingerprint density at radius 1 is 1.29 bits per heavy atom. The van der Waals surface area contributed by atoms with E-state index in [0.29, 0.717) is 6.04 Å². The summed E-state index contributed by atoms with van der Waals surface area (Å²) in [5.41, 5.74) is 0.990. The lowest BCUT2D eigenvalue weighted by molar-refractivity contribution is -0.0330. The Bertz CT molecular complexity index is 332. The van der Waals surface area contributed by atoms with E-state index in [4.69, 9.17) is 0 Å². The van der Waals surface area contributed by atoms with Crippen LogP contribution in [-0.2, 0) is 6.42 Å². The quantitative estimate of drug-likeness (QED) is 0.791. The fraction of sp³-hybridized carbons (Fsp3) is 0.600. The van der Waals surface area contributed by atoms with Crippen LogP contribution in [0.1, 0.15) is 38.2 Å². The number of benzene rings is 1. The molecule has 2 nitrogen and oxygen atoms in total. The molecule has 1 aromatic rings. The zero-order valence-corrected chi connectivity index (χ0v) is 10.7. The minimum Gasteiger partial charge on any atom is -0.389 e. The van der Waals surface area contributed by atoms with Gasteiger partial charge in [-0.25, -0.2) is 0 Å². The average Bonchev–Trinajstić information content (AvgIpc) is 2.33. The number of hydrogen-bond donors (Lipinski definition) is 2. The van der Waals surface area contributed by atoms with Crippen LogP contribution in [0.25, 0.3) is 0 Å². The van der Waals surface area contributed by atoms with Gasteiger partial charge in [0.2, 0.25) is 0 Å². The standard InChI is InChI=1S/C15H23NO/c1-13(16-12-15(17)10-5-11-15)8-9-14-6-3-2-4-7-14/h2-4,6-7,13,16-17H,5,8-12H2,1H3. The highest BCUT2D eigenvalue weighted by atomic mass is 16.3. The minimum absolute atomic E-state index is 0.402. The second kappa shape index (κ2) is 5.65. The molecule has 17 heavy (non-hydrogen) atoms. The van der Waals surface area contributed by atoms with Crippen LogP contribution in [0.15, 0.2) is 30.3 Å². The van der Waals surface area contributed by atoms with E-state index in [9.17, 15) is 5.11 Å². The van der Waals surface area contributed by atoms with Gasteiger partial charge in [-0.3, -0.25) is 0 Å². The molecule has 94 valence electrons. The van der Waals surface area contributed by atoms with Crippen LogP contribution < -0.4 is 5.32 Å². The van der Waals surface area contributed by atoms with Gasteiger partial charge in [0.15, 0.2) is 0 Å². The van der Waals surface area contributed by atoms with Crippen molar-refractivity contribution in [3.63, 3.8) is 0 Å². The molecule has 1 aliphatic carbocycles. The van der Waals surface area contributed by atoms with Crippen molar-refractivity contribution in [2.75, 3.05) is 6.54 Å². The highest BCUT2D eigenvalue weighted by molar-refractivity contribution is 5.14. The Labute approximate surface area is 104 Å². The smallest absolute Gasteiger partial charge is 0.0771 e. The summed E-state index contributed by atoms with van der Waals surface area (Å²) in [6.07, 6.45) is 5.33. The summed E-state index contributed by atoms with van der Waals surface area (Å²) in [4.78, 5) is 0. The summed E-state index contributed by atoms with van der Waals surface area (Å²) in [5.74, 6) is 0. The molecule has 0 aromatic heterocycles. The third kappa shape index (κ3) is 3.83. The summed E-state index contributed by atoms with van der Waals surface area (Å²) >= 11 is 0. The molecule has 1 saturated carbocycles. The summed E-state index contributed by atoms with van der Waals surface area (Å²) in [7, 11) is 0. The number of nitrogens with one attached hydrogen (secondary N) is 1. The van der Waals surface area contributed by atoms with Crippen LogP contribution in [0.4, 0.5) is 0 Å². The van der Waals surface area contributed by atoms with Crippen LogP contribution in [0.3, 0.4) is 0 Å². The normalized spacial score (nSPS) is 19.6. The molecule has 1 atom stereocenters. The molecule has 0 amide bonds. The van der Waals surface area contributed by atoms with Crippen LogP contribution in [-0.4, -0.2) is 23.3 Å². The lowest BCUT2D eigenvalue weighted by atomic mass is 9.80. The molecule has 0 saturated heterocycles. The largest absolute Gasteiger partial charge is 0.389 e. The molecule has 2 rings (SSSR count). The molecule has 0 heterocycles. The Morgan fingerprint density at radius 3 is 2.59 bits per heavy atom. The molecule has 0 bridgehead atoms. The molecule has 1 aliphatic rings. The van der Waals surface area contributed by atoms with Gasteiger partial charge in [0, 0.05) is 12.6 Å². The van der Waals surface area contributed by atoms with Crippen molar-refractivity contribution >= 4 is 0 Å². The molecule has 2 heteroatoms. The van der Waals surface area contributed by atoms with Crippen LogP contribution >= 0.6 is 0 Å². The van der Waals surface area contributed by atoms with Crippen molar-refractivity contribution in [1.29, 1.82) is 0 Å². The van der Waals surface area contributed by atoms with Crippen LogP contribution in [0.5, 0.6) is 0 Å². The Morgan fingerprint density at radius 2 is 2.00 bits per heavy atom. The first kappa shape index (κ1) is 12.6. The second-order valence-corrected chi connectivity index (χ2v) is 5.38. The molecular weight excluding hydrogens is 210 g/mol. The Hall–Kier alpha value is -0.860. The fourth-order valence-electron chi connectivity index (χ4n) is 2.26. The van der Waals surface area contributed by atoms with Gasteiger partial charge in [-0.15, -0.1) is 0 Å². The van der Waals surface area contributed by atoms with E-state index in [1.54, 1.807) is 0 Å². The first-order valence-corrected chi connectivity index (χ1v) is 6.68. The average molecular weight is 233 g/mol. The van der Waals surface area contributed by atoms with Crippen molar-refractivity contribution in [2.24, 2.45) is 0 Å². The van der Waals surface area contributed by atoms with Gasteiger partial charge in [-0.2, -0.15) is 0 Å². The monoisotopic (exact) mass is 233 g/mol. The third-order valence-corrected chi connectivity index (χ3v) is 3.77. The van der Waals surface area contributed by atoms with Gasteiger partial charge >= 0.3 is 0 Å². The lowest BCUT2D eigenvalue weighted by Gasteiger charge is -2.37. The van der Waals surface area contributed by atoms with E-state index in [0.717, 1.165) is 32.2 Å². The molecule has 0 aliphatic heterocycles. The molecule has 0 spiro atoms. The molecule has 1 unspecified atom stereocenters. The summed E-state index contributed by atoms with van der Waals surface area (Å²) in [6.45, 7) is 2.95. The first-order valence-electron chi connectivity index (χ1n) is 6.68. The summed E-state index contributed by atoms with van der Waals surface area (Å²) < 4.78 is 0. The third-order valence-electron chi connectivity index (χ3n) is 3.77. The Balaban J connectivity index is 1.65. The summed E-state index contributed by atoms with van der Waals surface area (Å²) in [5, 5.41) is 13.4. The van der Waals surface area contributed by atoms with Gasteiger partial charge in [0.25, 0.3) is 0 Å². The number of hydrogen-bond acceptors (Lipinski definition) is 2. The van der Waals surface area contributed by atoms with E-state index < -0.39 is 5.60 Å². The van der Waals surface area contributed by atoms with Crippen molar-refractivity contribution in [2.45, 2.75) is 50.7 Å². The fourth-order valence-corrected chi connectivity index (χ4v) is 2.26. The van der Waals surface area contributed by atoms with Crippen molar-refractivity contribution in [3.05, 3.63) is 35.9 Å². The van der Waals surface area contributed by atoms with Gasteiger partial charge in [0.1, 0.15) is 0 Å². The van der Waals surface area contributed by atoms with Crippen molar-refractivity contribution in [3.8, 4) is 0 Å². The lowest BCUT2D eigenvalue weighted by Crippen LogP contribution is -2.48. The molecule has 2 N–H and O–H groups in total. The van der Waals surface area contributed by atoms with E-state index in [2.05, 4.69) is 42.6 Å². The predicted molar refractivity (Wildman–Crippen MR) is 71.0 cm³/mol. The highest BCUT2D eigenvalue weighted by Crippen LogP contribution is 2.30. The van der Waals surface area contributed by atoms with E-state index >= 15 is 0 Å². The van der Waals surface area contributed by atoms with E-state index in [1.165, 1.54) is 12.0 Å². The molecule has 1 fully saturated rings. The van der Waals surface area contributed by atoms with Gasteiger partial charge in [-0.1, -0.05) is 30.3 Å². The topological polar surface area (TPSA) is 32.3 Å². The SMILES string of the molecule is CC(CCc1ccccc1)NCC1(O)CCC1. The van der Waals surface area contributed by atoms with Gasteiger partial charge in [0.05, 0.1) is 5.60 Å². The Kier molecular flexibility index (Phi) is 4.19. The zero-order chi connectivity index (χ0) is 12.1. The molecule has 1 aromatic carbocycles. The number of aliphatic hydroxyl groups is 1. The van der Waals surface area contributed by atoms with E-state index in [-0.39, 0.29) is 0 Å². The van der Waals surface area contributed by atoms with E-state index in [1.807, 2.05) is 0 Å². The van der Waals surface area contributed by atoms with Crippen molar-refractivity contribution in [1.82, 2.24) is 5.32 Å². The van der Waals surface area contributed by atoms with Crippen molar-refractivity contribution < 1.29 is 5.11 Å². The maximum atomic E-state index is 9.98. The zero-order valence-electron chi connectivity index (χ0n) is 10.7. The number of rotatable bonds is 6.